The lowest BCUT2D eigenvalue weighted by atomic mass is 9.76. The van der Waals surface area contributed by atoms with Crippen LogP contribution in [-0.2, 0) is 14.2 Å². The maximum atomic E-state index is 10.8. The number of aliphatic hydroxyl groups is 2. The van der Waals surface area contributed by atoms with Gasteiger partial charge in [0.2, 0.25) is 0 Å². The van der Waals surface area contributed by atoms with Crippen molar-refractivity contribution in [1.82, 2.24) is 9.80 Å². The Morgan fingerprint density at radius 1 is 1.29 bits per heavy atom. The molecule has 2 N–H and O–H groups in total. The van der Waals surface area contributed by atoms with E-state index in [2.05, 4.69) is 16.4 Å². The maximum Gasteiger partial charge on any atom is 0.183 e. The summed E-state index contributed by atoms with van der Waals surface area (Å²) in [7, 11) is 1.65. The number of rotatable bonds is 5. The minimum Gasteiger partial charge on any atom is -0.395 e. The molecule has 4 saturated heterocycles. The Bertz CT molecular complexity index is 495. The van der Waals surface area contributed by atoms with Crippen molar-refractivity contribution in [2.45, 2.75) is 30.7 Å². The molecule has 4 aliphatic heterocycles. The molecular formula is C17H28N2O5. The van der Waals surface area contributed by atoms with Gasteiger partial charge in [0, 0.05) is 52.3 Å². The quantitative estimate of drug-likeness (QED) is 0.638. The molecular weight excluding hydrogens is 312 g/mol. The molecule has 7 heteroatoms. The molecule has 0 aromatic heterocycles. The summed E-state index contributed by atoms with van der Waals surface area (Å²) in [4.78, 5) is 4.62. The molecule has 5 rings (SSSR count). The van der Waals surface area contributed by atoms with Crippen molar-refractivity contribution in [3.8, 4) is 0 Å². The minimum absolute atomic E-state index is 0.00882. The van der Waals surface area contributed by atoms with Crippen LogP contribution >= 0.6 is 0 Å². The molecule has 24 heavy (non-hydrogen) atoms. The lowest BCUT2D eigenvalue weighted by Crippen LogP contribution is -2.67. The number of nitrogens with zero attached hydrogens (tertiary/aromatic N) is 2. The number of hydrogen-bond acceptors (Lipinski definition) is 7. The Labute approximate surface area is 142 Å². The molecule has 0 radical (unpaired) electrons. The SMILES string of the molecule is C=C1C2OC(OC)C3C1C[C@@H](O)C3(CN1CCN(CCO)CC1)O2. The second kappa shape index (κ2) is 6.32. The molecule has 0 amide bonds. The van der Waals surface area contributed by atoms with Gasteiger partial charge in [0.25, 0.3) is 0 Å². The molecule has 5 unspecified atom stereocenters. The Morgan fingerprint density at radius 3 is 2.67 bits per heavy atom. The lowest BCUT2D eigenvalue weighted by molar-refractivity contribution is -0.375. The average Bonchev–Trinajstić information content (AvgIpc) is 2.83. The van der Waals surface area contributed by atoms with E-state index in [1.807, 2.05) is 0 Å². The Balaban J connectivity index is 1.50. The fraction of sp³-hybridized carbons (Fsp3) is 0.882. The van der Waals surface area contributed by atoms with Gasteiger partial charge in [-0.2, -0.15) is 0 Å². The van der Waals surface area contributed by atoms with Crippen LogP contribution in [0, 0.1) is 11.8 Å². The van der Waals surface area contributed by atoms with Gasteiger partial charge >= 0.3 is 0 Å². The van der Waals surface area contributed by atoms with Crippen molar-refractivity contribution < 1.29 is 24.4 Å². The summed E-state index contributed by atoms with van der Waals surface area (Å²) < 4.78 is 17.6. The standard InChI is InChI=1S/C17H28N2O5/c1-11-12-9-13(21)17(14(12)16(22-2)23-15(11)24-17)10-19-5-3-18(4-6-19)7-8-20/h12-16,20-21H,1,3-10H2,2H3/t12?,13-,14?,15?,16?,17?/m1/s1. The zero-order valence-corrected chi connectivity index (χ0v) is 14.3. The number of aliphatic hydroxyl groups excluding tert-OH is 2. The third-order valence-electron chi connectivity index (χ3n) is 6.28. The first-order chi connectivity index (χ1) is 11.6. The third kappa shape index (κ3) is 2.46. The highest BCUT2D eigenvalue weighted by Gasteiger charge is 2.68. The molecule has 5 fully saturated rings. The van der Waals surface area contributed by atoms with Crippen molar-refractivity contribution in [1.29, 1.82) is 0 Å². The topological polar surface area (TPSA) is 74.6 Å². The summed E-state index contributed by atoms with van der Waals surface area (Å²) in [5.74, 6) is 0.193. The number of methoxy groups -OCH3 is 1. The molecule has 4 heterocycles. The zero-order chi connectivity index (χ0) is 16.9. The Hall–Kier alpha value is -0.540. The molecule has 5 aliphatic rings. The molecule has 4 bridgehead atoms. The summed E-state index contributed by atoms with van der Waals surface area (Å²) in [6.45, 7) is 9.44. The number of fused-ring (bicyclic) bond motifs is 1. The van der Waals surface area contributed by atoms with Gasteiger partial charge < -0.3 is 24.4 Å². The van der Waals surface area contributed by atoms with E-state index in [4.69, 9.17) is 19.3 Å². The highest BCUT2D eigenvalue weighted by Crippen LogP contribution is 2.58. The normalized spacial score (nSPS) is 46.0. The van der Waals surface area contributed by atoms with Gasteiger partial charge in [-0.15, -0.1) is 0 Å². The number of hydrogen-bond donors (Lipinski definition) is 2. The molecule has 0 aromatic carbocycles. The van der Waals surface area contributed by atoms with Crippen LogP contribution < -0.4 is 0 Å². The minimum atomic E-state index is -0.630. The zero-order valence-electron chi connectivity index (χ0n) is 14.3. The van der Waals surface area contributed by atoms with Crippen LogP contribution in [0.3, 0.4) is 0 Å². The molecule has 0 spiro atoms. The van der Waals surface area contributed by atoms with E-state index < -0.39 is 18.0 Å². The van der Waals surface area contributed by atoms with E-state index in [-0.39, 0.29) is 24.7 Å². The van der Waals surface area contributed by atoms with Gasteiger partial charge in [-0.3, -0.25) is 9.80 Å². The van der Waals surface area contributed by atoms with E-state index >= 15 is 0 Å². The van der Waals surface area contributed by atoms with Gasteiger partial charge in [0.1, 0.15) is 5.60 Å². The molecule has 1 saturated carbocycles. The third-order valence-corrected chi connectivity index (χ3v) is 6.28. The van der Waals surface area contributed by atoms with Crippen LogP contribution in [0.25, 0.3) is 0 Å². The van der Waals surface area contributed by atoms with Gasteiger partial charge in [-0.1, -0.05) is 6.58 Å². The van der Waals surface area contributed by atoms with Crippen molar-refractivity contribution in [2.75, 3.05) is 53.0 Å². The first-order valence-electron chi connectivity index (χ1n) is 8.87. The summed E-state index contributed by atoms with van der Waals surface area (Å²) >= 11 is 0. The smallest absolute Gasteiger partial charge is 0.183 e. The monoisotopic (exact) mass is 340 g/mol. The Morgan fingerprint density at radius 2 is 2.00 bits per heavy atom. The molecule has 1 aliphatic carbocycles. The highest BCUT2D eigenvalue weighted by molar-refractivity contribution is 5.25. The van der Waals surface area contributed by atoms with E-state index in [0.29, 0.717) is 13.0 Å². The van der Waals surface area contributed by atoms with Gasteiger partial charge in [0.15, 0.2) is 12.6 Å². The predicted octanol–water partition coefficient (Wildman–Crippen LogP) is -0.753. The van der Waals surface area contributed by atoms with Crippen molar-refractivity contribution in [2.24, 2.45) is 11.8 Å². The van der Waals surface area contributed by atoms with E-state index in [9.17, 15) is 5.11 Å². The lowest BCUT2D eigenvalue weighted by Gasteiger charge is -2.55. The molecule has 6 atom stereocenters. The second-order valence-corrected chi connectivity index (χ2v) is 7.44. The predicted molar refractivity (Wildman–Crippen MR) is 86.2 cm³/mol. The largest absolute Gasteiger partial charge is 0.395 e. The van der Waals surface area contributed by atoms with Crippen LogP contribution in [-0.4, -0.2) is 97.3 Å². The second-order valence-electron chi connectivity index (χ2n) is 7.44. The molecule has 136 valence electrons. The van der Waals surface area contributed by atoms with Crippen molar-refractivity contribution in [3.05, 3.63) is 12.2 Å². The summed E-state index contributed by atoms with van der Waals surface area (Å²) in [6, 6.07) is 0. The number of piperazine rings is 1. The Kier molecular flexibility index (Phi) is 4.45. The number of β-amino-alcohol motifs (C(OH)–C–C–N with tert-alkyl or cyclic N) is 1. The molecule has 0 aromatic rings. The molecule has 7 nitrogen and oxygen atoms in total. The highest BCUT2D eigenvalue weighted by atomic mass is 16.8. The van der Waals surface area contributed by atoms with Gasteiger partial charge in [-0.05, 0) is 17.9 Å². The average molecular weight is 340 g/mol. The van der Waals surface area contributed by atoms with E-state index in [0.717, 1.165) is 38.3 Å². The van der Waals surface area contributed by atoms with Crippen LogP contribution in [0.5, 0.6) is 0 Å². The van der Waals surface area contributed by atoms with Crippen LogP contribution in [0.2, 0.25) is 0 Å². The fourth-order valence-corrected chi connectivity index (χ4v) is 4.99. The summed E-state index contributed by atoms with van der Waals surface area (Å²) in [6.07, 6.45) is -0.663. The number of ether oxygens (including phenoxy) is 3. The van der Waals surface area contributed by atoms with Crippen LogP contribution in [0.4, 0.5) is 0 Å². The van der Waals surface area contributed by atoms with Crippen molar-refractivity contribution in [3.63, 3.8) is 0 Å². The van der Waals surface area contributed by atoms with Gasteiger partial charge in [0.05, 0.1) is 12.7 Å². The van der Waals surface area contributed by atoms with E-state index in [1.54, 1.807) is 7.11 Å². The van der Waals surface area contributed by atoms with Crippen LogP contribution in [0.1, 0.15) is 6.42 Å². The summed E-state index contributed by atoms with van der Waals surface area (Å²) in [5, 5.41) is 19.9. The van der Waals surface area contributed by atoms with Crippen LogP contribution in [0.15, 0.2) is 12.2 Å². The first-order valence-corrected chi connectivity index (χ1v) is 8.87. The van der Waals surface area contributed by atoms with E-state index in [1.165, 1.54) is 0 Å². The first kappa shape index (κ1) is 16.9. The summed E-state index contributed by atoms with van der Waals surface area (Å²) in [5.41, 5.74) is 0.308. The van der Waals surface area contributed by atoms with Gasteiger partial charge in [-0.25, -0.2) is 0 Å². The van der Waals surface area contributed by atoms with Crippen molar-refractivity contribution >= 4 is 0 Å². The maximum absolute atomic E-state index is 10.8. The fourth-order valence-electron chi connectivity index (χ4n) is 4.99.